The van der Waals surface area contributed by atoms with Gasteiger partial charge in [0.1, 0.15) is 17.5 Å². The van der Waals surface area contributed by atoms with E-state index in [1.54, 1.807) is 54.0 Å². The third-order valence-electron chi connectivity index (χ3n) is 4.67. The summed E-state index contributed by atoms with van der Waals surface area (Å²) in [5, 5.41) is 12.1. The third-order valence-corrected chi connectivity index (χ3v) is 5.83. The van der Waals surface area contributed by atoms with E-state index in [-0.39, 0.29) is 6.54 Å². The Labute approximate surface area is 187 Å². The van der Waals surface area contributed by atoms with Crippen molar-refractivity contribution in [1.82, 2.24) is 5.48 Å². The third kappa shape index (κ3) is 6.22. The molecule has 0 aliphatic heterocycles. The van der Waals surface area contributed by atoms with Gasteiger partial charge in [0.15, 0.2) is 0 Å². The zero-order chi connectivity index (χ0) is 23.1. The van der Waals surface area contributed by atoms with Crippen molar-refractivity contribution in [2.45, 2.75) is 13.0 Å². The fourth-order valence-corrected chi connectivity index (χ4v) is 3.95. The summed E-state index contributed by atoms with van der Waals surface area (Å²) in [6, 6.07) is 21.9. The molecule has 0 aliphatic carbocycles. The van der Waals surface area contributed by atoms with Crippen LogP contribution in [0.15, 0.2) is 78.9 Å². The zero-order valence-corrected chi connectivity index (χ0v) is 18.5. The topological polar surface area (TPSA) is 108 Å². The standard InChI is InChI=1S/C23H25N3O5S/c1-17-8-12-20(13-9-17)31-21-14-10-19(11-15-21)26(32(2,29)30)16-22(23(27)25-28)24-18-6-4-3-5-7-18/h3-15,22,24,28H,16H2,1-2H3,(H,25,27). The van der Waals surface area contributed by atoms with Crippen molar-refractivity contribution >= 4 is 27.3 Å². The molecule has 0 bridgehead atoms. The second-order valence-corrected chi connectivity index (χ2v) is 9.15. The second kappa shape index (κ2) is 10.2. The van der Waals surface area contributed by atoms with E-state index in [0.717, 1.165) is 16.1 Å². The molecule has 0 saturated heterocycles. The van der Waals surface area contributed by atoms with Crippen LogP contribution in [0.25, 0.3) is 0 Å². The van der Waals surface area contributed by atoms with Crippen molar-refractivity contribution in [2.24, 2.45) is 0 Å². The smallest absolute Gasteiger partial charge is 0.267 e. The number of hydrogen-bond acceptors (Lipinski definition) is 6. The predicted molar refractivity (Wildman–Crippen MR) is 124 cm³/mol. The number of aryl methyl sites for hydroxylation is 1. The SMILES string of the molecule is Cc1ccc(Oc2ccc(N(CC(Nc3ccccc3)C(=O)NO)S(C)(=O)=O)cc2)cc1. The van der Waals surface area contributed by atoms with Crippen LogP contribution < -0.4 is 19.8 Å². The number of benzene rings is 3. The van der Waals surface area contributed by atoms with Gasteiger partial charge in [-0.3, -0.25) is 14.3 Å². The number of amides is 1. The van der Waals surface area contributed by atoms with Gasteiger partial charge in [-0.1, -0.05) is 35.9 Å². The number of nitrogens with zero attached hydrogens (tertiary/aromatic N) is 1. The van der Waals surface area contributed by atoms with E-state index in [4.69, 9.17) is 9.94 Å². The summed E-state index contributed by atoms with van der Waals surface area (Å²) < 4.78 is 31.9. The lowest BCUT2D eigenvalue weighted by molar-refractivity contribution is -0.129. The summed E-state index contributed by atoms with van der Waals surface area (Å²) in [6.45, 7) is 1.74. The van der Waals surface area contributed by atoms with E-state index in [1.165, 1.54) is 0 Å². The van der Waals surface area contributed by atoms with Crippen LogP contribution in [0.4, 0.5) is 11.4 Å². The van der Waals surface area contributed by atoms with Crippen molar-refractivity contribution < 1.29 is 23.2 Å². The number of nitrogens with one attached hydrogen (secondary N) is 2. The Hall–Kier alpha value is -3.56. The lowest BCUT2D eigenvalue weighted by Crippen LogP contribution is -2.48. The molecule has 1 amide bonds. The first-order chi connectivity index (χ1) is 15.3. The molecule has 3 aromatic carbocycles. The average molecular weight is 456 g/mol. The Balaban J connectivity index is 1.81. The summed E-state index contributed by atoms with van der Waals surface area (Å²) in [7, 11) is -3.73. The molecule has 3 N–H and O–H groups in total. The molecule has 0 aromatic heterocycles. The monoisotopic (exact) mass is 455 g/mol. The quantitative estimate of drug-likeness (QED) is 0.336. The molecule has 0 fully saturated rings. The number of hydrogen-bond donors (Lipinski definition) is 3. The number of rotatable bonds is 9. The molecule has 3 rings (SSSR count). The lowest BCUT2D eigenvalue weighted by Gasteiger charge is -2.27. The second-order valence-electron chi connectivity index (χ2n) is 7.24. The lowest BCUT2D eigenvalue weighted by atomic mass is 10.2. The fraction of sp³-hybridized carbons (Fsp3) is 0.174. The predicted octanol–water partition coefficient (Wildman–Crippen LogP) is 3.54. The van der Waals surface area contributed by atoms with Crippen LogP contribution in [0.3, 0.4) is 0 Å². The molecule has 0 radical (unpaired) electrons. The number of hydroxylamine groups is 1. The van der Waals surface area contributed by atoms with Gasteiger partial charge in [-0.05, 0) is 55.5 Å². The van der Waals surface area contributed by atoms with Crippen LogP contribution in [-0.2, 0) is 14.8 Å². The van der Waals surface area contributed by atoms with Crippen molar-refractivity contribution in [3.63, 3.8) is 0 Å². The number of carbonyl (C=O) groups excluding carboxylic acids is 1. The van der Waals surface area contributed by atoms with Gasteiger partial charge in [-0.15, -0.1) is 0 Å². The van der Waals surface area contributed by atoms with E-state index >= 15 is 0 Å². The molecule has 8 nitrogen and oxygen atoms in total. The molecule has 168 valence electrons. The minimum absolute atomic E-state index is 0.238. The molecular weight excluding hydrogens is 430 g/mol. The molecule has 32 heavy (non-hydrogen) atoms. The van der Waals surface area contributed by atoms with Gasteiger partial charge in [0, 0.05) is 5.69 Å². The highest BCUT2D eigenvalue weighted by Gasteiger charge is 2.27. The van der Waals surface area contributed by atoms with E-state index in [9.17, 15) is 13.2 Å². The van der Waals surface area contributed by atoms with Gasteiger partial charge >= 0.3 is 0 Å². The number of carbonyl (C=O) groups is 1. The fourth-order valence-electron chi connectivity index (χ4n) is 3.03. The molecular formula is C23H25N3O5S. The van der Waals surface area contributed by atoms with Crippen molar-refractivity contribution in [3.8, 4) is 11.5 Å². The van der Waals surface area contributed by atoms with Crippen LogP contribution in [0.1, 0.15) is 5.56 Å². The normalized spacial score (nSPS) is 12.0. The number of ether oxygens (including phenoxy) is 1. The van der Waals surface area contributed by atoms with Crippen LogP contribution >= 0.6 is 0 Å². The summed E-state index contributed by atoms with van der Waals surface area (Å²) in [4.78, 5) is 12.2. The van der Waals surface area contributed by atoms with Crippen LogP contribution in [0.2, 0.25) is 0 Å². The number of sulfonamides is 1. The molecule has 1 atom stereocenters. The van der Waals surface area contributed by atoms with Gasteiger partial charge in [-0.2, -0.15) is 0 Å². The van der Waals surface area contributed by atoms with Crippen LogP contribution in [0, 0.1) is 6.92 Å². The average Bonchev–Trinajstić information content (AvgIpc) is 2.78. The molecule has 0 saturated carbocycles. The van der Waals surface area contributed by atoms with Gasteiger partial charge in [0.25, 0.3) is 5.91 Å². The molecule has 3 aromatic rings. The maximum absolute atomic E-state index is 12.5. The van der Waals surface area contributed by atoms with Crippen molar-refractivity contribution in [1.29, 1.82) is 0 Å². The van der Waals surface area contributed by atoms with Gasteiger partial charge in [-0.25, -0.2) is 13.9 Å². The summed E-state index contributed by atoms with van der Waals surface area (Å²) in [6.07, 6.45) is 1.06. The van der Waals surface area contributed by atoms with Crippen molar-refractivity contribution in [3.05, 3.63) is 84.4 Å². The van der Waals surface area contributed by atoms with Gasteiger partial charge in [0.2, 0.25) is 10.0 Å². The largest absolute Gasteiger partial charge is 0.457 e. The van der Waals surface area contributed by atoms with Gasteiger partial charge < -0.3 is 10.1 Å². The van der Waals surface area contributed by atoms with E-state index in [2.05, 4.69) is 5.32 Å². The Morgan fingerprint density at radius 1 is 0.969 bits per heavy atom. The highest BCUT2D eigenvalue weighted by atomic mass is 32.2. The highest BCUT2D eigenvalue weighted by Crippen LogP contribution is 2.26. The van der Waals surface area contributed by atoms with E-state index in [1.807, 2.05) is 37.3 Å². The molecule has 0 spiro atoms. The summed E-state index contributed by atoms with van der Waals surface area (Å²) in [5.41, 5.74) is 3.67. The summed E-state index contributed by atoms with van der Waals surface area (Å²) >= 11 is 0. The van der Waals surface area contributed by atoms with Gasteiger partial charge in [0.05, 0.1) is 18.5 Å². The maximum atomic E-state index is 12.5. The first-order valence-electron chi connectivity index (χ1n) is 9.84. The van der Waals surface area contributed by atoms with Crippen molar-refractivity contribution in [2.75, 3.05) is 22.4 Å². The Morgan fingerprint density at radius 3 is 2.06 bits per heavy atom. The van der Waals surface area contributed by atoms with E-state index < -0.39 is 22.0 Å². The summed E-state index contributed by atoms with van der Waals surface area (Å²) in [5.74, 6) is 0.440. The Morgan fingerprint density at radius 2 is 1.53 bits per heavy atom. The molecule has 0 heterocycles. The number of para-hydroxylation sites is 1. The number of anilines is 2. The Bertz CT molecular complexity index is 1130. The Kier molecular flexibility index (Phi) is 7.34. The zero-order valence-electron chi connectivity index (χ0n) is 17.7. The van der Waals surface area contributed by atoms with Crippen LogP contribution in [-0.4, -0.2) is 38.4 Å². The maximum Gasteiger partial charge on any atom is 0.267 e. The molecule has 0 aliphatic rings. The first-order valence-corrected chi connectivity index (χ1v) is 11.7. The molecule has 1 unspecified atom stereocenters. The van der Waals surface area contributed by atoms with E-state index in [0.29, 0.717) is 22.9 Å². The minimum atomic E-state index is -3.73. The highest BCUT2D eigenvalue weighted by molar-refractivity contribution is 7.92. The molecule has 9 heteroatoms. The minimum Gasteiger partial charge on any atom is -0.457 e. The van der Waals surface area contributed by atoms with Crippen LogP contribution in [0.5, 0.6) is 11.5 Å². The first kappa shape index (κ1) is 23.1.